The van der Waals surface area contributed by atoms with Crippen LogP contribution in [0.5, 0.6) is 5.75 Å². The molecule has 170 valence electrons. The summed E-state index contributed by atoms with van der Waals surface area (Å²) in [6, 6.07) is 13.7. The van der Waals surface area contributed by atoms with E-state index in [1.54, 1.807) is 18.2 Å². The molecule has 4 nitrogen and oxygen atoms in total. The van der Waals surface area contributed by atoms with Crippen LogP contribution in [0.1, 0.15) is 33.0 Å². The minimum absolute atomic E-state index is 0.150. The first kappa shape index (κ1) is 23.3. The van der Waals surface area contributed by atoms with Gasteiger partial charge in [-0.05, 0) is 69.2 Å². The lowest BCUT2D eigenvalue weighted by molar-refractivity contribution is 0.0922. The molecule has 4 aromatic rings. The zero-order chi connectivity index (χ0) is 23.7. The third kappa shape index (κ3) is 4.90. The molecule has 0 atom stereocenters. The molecular formula is C26H23Cl2FN2O2. The molecule has 4 rings (SSSR count). The lowest BCUT2D eigenvalue weighted by Gasteiger charge is -2.12. The average Bonchev–Trinajstić information content (AvgIpc) is 3.06. The molecule has 0 bridgehead atoms. The summed E-state index contributed by atoms with van der Waals surface area (Å²) in [5, 5.41) is 1.50. The van der Waals surface area contributed by atoms with Gasteiger partial charge < -0.3 is 9.30 Å². The van der Waals surface area contributed by atoms with Gasteiger partial charge in [0.15, 0.2) is 12.4 Å². The molecule has 0 unspecified atom stereocenters. The number of aromatic nitrogens is 2. The van der Waals surface area contributed by atoms with Crippen LogP contribution in [0, 0.1) is 26.6 Å². The van der Waals surface area contributed by atoms with Crippen LogP contribution in [0.2, 0.25) is 10.0 Å². The standard InChI is InChI=1S/C26H23Cl2FN2O2/c1-15-4-9-20-22(27)13-23(28)26(25(20)30-15)33-14-24(32)21-12-16(2)31(17(21)3)11-10-18-5-7-19(29)8-6-18/h4-9,12-13H,10-11,14H2,1-3H3. The number of nitrogens with zero attached hydrogens (tertiary/aromatic N) is 2. The second kappa shape index (κ2) is 9.54. The van der Waals surface area contributed by atoms with Crippen LogP contribution in [0.15, 0.2) is 48.5 Å². The highest BCUT2D eigenvalue weighted by molar-refractivity contribution is 6.39. The van der Waals surface area contributed by atoms with Gasteiger partial charge >= 0.3 is 0 Å². The Balaban J connectivity index is 1.52. The maximum atomic E-state index is 13.1. The molecule has 0 radical (unpaired) electrons. The van der Waals surface area contributed by atoms with Crippen molar-refractivity contribution in [3.05, 3.63) is 92.6 Å². The number of carbonyl (C=O) groups is 1. The molecule has 0 saturated heterocycles. The van der Waals surface area contributed by atoms with E-state index in [-0.39, 0.29) is 18.2 Å². The molecule has 0 aliphatic rings. The Hall–Kier alpha value is -2.89. The number of pyridine rings is 1. The fraction of sp³-hybridized carbons (Fsp3) is 0.231. The molecular weight excluding hydrogens is 462 g/mol. The van der Waals surface area contributed by atoms with Crippen LogP contribution in [-0.4, -0.2) is 21.9 Å². The number of Topliss-reactive ketones (excluding diaryl/α,β-unsaturated/α-hetero) is 1. The SMILES string of the molecule is Cc1ccc2c(Cl)cc(Cl)c(OCC(=O)c3cc(C)n(CCc4ccc(F)cc4)c3C)c2n1. The molecule has 2 aromatic carbocycles. The topological polar surface area (TPSA) is 44.1 Å². The second-order valence-corrected chi connectivity index (χ2v) is 8.86. The van der Waals surface area contributed by atoms with Crippen molar-refractivity contribution in [3.8, 4) is 5.75 Å². The van der Waals surface area contributed by atoms with Crippen molar-refractivity contribution in [1.29, 1.82) is 0 Å². The summed E-state index contributed by atoms with van der Waals surface area (Å²) in [7, 11) is 0. The molecule has 0 saturated carbocycles. The number of hydrogen-bond donors (Lipinski definition) is 0. The van der Waals surface area contributed by atoms with Crippen LogP contribution in [0.25, 0.3) is 10.9 Å². The molecule has 0 amide bonds. The fourth-order valence-corrected chi connectivity index (χ4v) is 4.53. The number of halogens is 3. The molecule has 0 aliphatic heterocycles. The Morgan fingerprint density at radius 3 is 2.48 bits per heavy atom. The minimum Gasteiger partial charge on any atom is -0.482 e. The van der Waals surface area contributed by atoms with Gasteiger partial charge in [-0.25, -0.2) is 9.37 Å². The number of rotatable bonds is 7. The second-order valence-electron chi connectivity index (χ2n) is 8.04. The van der Waals surface area contributed by atoms with E-state index >= 15 is 0 Å². The summed E-state index contributed by atoms with van der Waals surface area (Å²) < 4.78 is 21.1. The number of aryl methyl sites for hydroxylation is 3. The van der Waals surface area contributed by atoms with E-state index in [2.05, 4.69) is 9.55 Å². The smallest absolute Gasteiger partial charge is 0.202 e. The normalized spacial score (nSPS) is 11.2. The first-order chi connectivity index (χ1) is 15.7. The molecule has 0 aliphatic carbocycles. The van der Waals surface area contributed by atoms with E-state index in [1.807, 2.05) is 39.0 Å². The molecule has 0 N–H and O–H groups in total. The van der Waals surface area contributed by atoms with Crippen LogP contribution >= 0.6 is 23.2 Å². The third-order valence-electron chi connectivity index (χ3n) is 5.74. The van der Waals surface area contributed by atoms with Crippen molar-refractivity contribution in [2.24, 2.45) is 0 Å². The maximum absolute atomic E-state index is 13.1. The van der Waals surface area contributed by atoms with Crippen molar-refractivity contribution >= 4 is 39.9 Å². The Morgan fingerprint density at radius 2 is 1.76 bits per heavy atom. The monoisotopic (exact) mass is 484 g/mol. The van der Waals surface area contributed by atoms with Gasteiger partial charge in [0.05, 0.1) is 10.0 Å². The Morgan fingerprint density at radius 1 is 1.03 bits per heavy atom. The van der Waals surface area contributed by atoms with Gasteiger partial charge in [0, 0.05) is 34.6 Å². The molecule has 2 heterocycles. The zero-order valence-corrected chi connectivity index (χ0v) is 20.1. The largest absolute Gasteiger partial charge is 0.482 e. The first-order valence-electron chi connectivity index (χ1n) is 10.6. The summed E-state index contributed by atoms with van der Waals surface area (Å²) in [5.41, 5.74) is 4.80. The molecule has 33 heavy (non-hydrogen) atoms. The number of hydrogen-bond acceptors (Lipinski definition) is 3. The van der Waals surface area contributed by atoms with Crippen molar-refractivity contribution in [2.75, 3.05) is 6.61 Å². The molecule has 2 aromatic heterocycles. The van der Waals surface area contributed by atoms with Gasteiger partial charge in [-0.15, -0.1) is 0 Å². The summed E-state index contributed by atoms with van der Waals surface area (Å²) in [6.07, 6.45) is 0.734. The summed E-state index contributed by atoms with van der Waals surface area (Å²) in [4.78, 5) is 17.5. The van der Waals surface area contributed by atoms with E-state index in [4.69, 9.17) is 27.9 Å². The van der Waals surface area contributed by atoms with E-state index in [1.165, 1.54) is 12.1 Å². The quantitative estimate of drug-likeness (QED) is 0.267. The van der Waals surface area contributed by atoms with Crippen LogP contribution < -0.4 is 4.74 Å². The average molecular weight is 485 g/mol. The zero-order valence-electron chi connectivity index (χ0n) is 18.6. The number of ether oxygens (including phenoxy) is 1. The van der Waals surface area contributed by atoms with Crippen molar-refractivity contribution in [2.45, 2.75) is 33.7 Å². The van der Waals surface area contributed by atoms with Crippen molar-refractivity contribution < 1.29 is 13.9 Å². The van der Waals surface area contributed by atoms with Crippen LogP contribution in [0.3, 0.4) is 0 Å². The predicted molar refractivity (Wildman–Crippen MR) is 130 cm³/mol. The summed E-state index contributed by atoms with van der Waals surface area (Å²) >= 11 is 12.7. The minimum atomic E-state index is -0.251. The number of fused-ring (bicyclic) bond motifs is 1. The lowest BCUT2D eigenvalue weighted by atomic mass is 10.1. The van der Waals surface area contributed by atoms with Gasteiger partial charge in [-0.1, -0.05) is 35.3 Å². The Bertz CT molecular complexity index is 1350. The van der Waals surface area contributed by atoms with Gasteiger partial charge in [0.25, 0.3) is 0 Å². The van der Waals surface area contributed by atoms with Crippen LogP contribution in [-0.2, 0) is 13.0 Å². The summed E-state index contributed by atoms with van der Waals surface area (Å²) in [5.74, 6) is -0.0555. The Labute approximate surface area is 201 Å². The van der Waals surface area contributed by atoms with E-state index in [0.717, 1.165) is 29.1 Å². The van der Waals surface area contributed by atoms with Gasteiger partial charge in [0.2, 0.25) is 5.78 Å². The van der Waals surface area contributed by atoms with Gasteiger partial charge in [0.1, 0.15) is 11.3 Å². The van der Waals surface area contributed by atoms with E-state index in [9.17, 15) is 9.18 Å². The van der Waals surface area contributed by atoms with Gasteiger partial charge in [-0.3, -0.25) is 4.79 Å². The highest BCUT2D eigenvalue weighted by Gasteiger charge is 2.19. The number of carbonyl (C=O) groups excluding carboxylic acids is 1. The van der Waals surface area contributed by atoms with Crippen molar-refractivity contribution in [3.63, 3.8) is 0 Å². The molecule has 0 fully saturated rings. The Kier molecular flexibility index (Phi) is 6.73. The predicted octanol–water partition coefficient (Wildman–Crippen LogP) is 6.91. The number of ketones is 1. The third-order valence-corrected chi connectivity index (χ3v) is 6.33. The van der Waals surface area contributed by atoms with Crippen LogP contribution in [0.4, 0.5) is 4.39 Å². The highest BCUT2D eigenvalue weighted by Crippen LogP contribution is 2.37. The van der Waals surface area contributed by atoms with Gasteiger partial charge in [-0.2, -0.15) is 0 Å². The highest BCUT2D eigenvalue weighted by atomic mass is 35.5. The van der Waals surface area contributed by atoms with E-state index in [0.29, 0.717) is 38.8 Å². The lowest BCUT2D eigenvalue weighted by Crippen LogP contribution is -2.14. The molecule has 0 spiro atoms. The fourth-order valence-electron chi connectivity index (χ4n) is 3.96. The number of benzene rings is 2. The first-order valence-corrected chi connectivity index (χ1v) is 11.3. The van der Waals surface area contributed by atoms with Crippen molar-refractivity contribution in [1.82, 2.24) is 9.55 Å². The van der Waals surface area contributed by atoms with E-state index < -0.39 is 0 Å². The maximum Gasteiger partial charge on any atom is 0.202 e. The summed E-state index contributed by atoms with van der Waals surface area (Å²) in [6.45, 7) is 6.26. The molecule has 7 heteroatoms.